The Morgan fingerprint density at radius 3 is 2.33 bits per heavy atom. The van der Waals surface area contributed by atoms with Crippen LogP contribution < -0.4 is 10.6 Å². The van der Waals surface area contributed by atoms with Crippen LogP contribution in [0.3, 0.4) is 0 Å². The molecular weight excluding hydrogens is 507 g/mol. The van der Waals surface area contributed by atoms with E-state index in [-0.39, 0.29) is 37.8 Å². The van der Waals surface area contributed by atoms with Gasteiger partial charge in [0.25, 0.3) is 15.7 Å². The number of alkyl halides is 3. The van der Waals surface area contributed by atoms with Gasteiger partial charge in [0.05, 0.1) is 11.5 Å². The SMILES string of the molecule is CC(C)(CO)C(O)C(=O)NCCC(=O)C(=O)N1CCC(Nc2cccc(S(=O)(=O)C(F)(F)F)c2)CC1. The largest absolute Gasteiger partial charge is 0.501 e. The molecular formula is C22H30F3N3O7S. The van der Waals surface area contributed by atoms with Gasteiger partial charge in [-0.15, -0.1) is 0 Å². The topological polar surface area (TPSA) is 153 Å². The first-order valence-corrected chi connectivity index (χ1v) is 12.6. The van der Waals surface area contributed by atoms with Crippen molar-refractivity contribution in [2.45, 2.75) is 55.7 Å². The van der Waals surface area contributed by atoms with Gasteiger partial charge in [-0.1, -0.05) is 19.9 Å². The molecule has 202 valence electrons. The molecule has 1 unspecified atom stereocenters. The number of sulfone groups is 1. The van der Waals surface area contributed by atoms with E-state index < -0.39 is 56.0 Å². The first kappa shape index (κ1) is 29.5. The summed E-state index contributed by atoms with van der Waals surface area (Å²) in [6, 6.07) is 4.13. The van der Waals surface area contributed by atoms with Crippen LogP contribution in [0.2, 0.25) is 0 Å². The lowest BCUT2D eigenvalue weighted by atomic mass is 9.87. The van der Waals surface area contributed by atoms with E-state index in [0.717, 1.165) is 12.1 Å². The van der Waals surface area contributed by atoms with E-state index in [1.165, 1.54) is 30.9 Å². The van der Waals surface area contributed by atoms with E-state index >= 15 is 0 Å². The molecule has 0 aliphatic carbocycles. The number of aliphatic hydroxyl groups is 2. The quantitative estimate of drug-likeness (QED) is 0.320. The number of hydrogen-bond donors (Lipinski definition) is 4. The molecule has 0 saturated carbocycles. The predicted octanol–water partition coefficient (Wildman–Crippen LogP) is 0.838. The van der Waals surface area contributed by atoms with Crippen molar-refractivity contribution >= 4 is 33.1 Å². The number of aliphatic hydroxyl groups excluding tert-OH is 2. The summed E-state index contributed by atoms with van der Waals surface area (Å²) in [6.07, 6.45) is -1.03. The fourth-order valence-corrected chi connectivity index (χ4v) is 4.28. The van der Waals surface area contributed by atoms with Crippen LogP contribution in [0.1, 0.15) is 33.1 Å². The lowest BCUT2D eigenvalue weighted by Crippen LogP contribution is -2.47. The maximum Gasteiger partial charge on any atom is 0.501 e. The highest BCUT2D eigenvalue weighted by Crippen LogP contribution is 2.31. The summed E-state index contributed by atoms with van der Waals surface area (Å²) >= 11 is 0. The molecule has 1 aromatic rings. The zero-order valence-corrected chi connectivity index (χ0v) is 20.7. The number of nitrogens with zero attached hydrogens (tertiary/aromatic N) is 1. The number of halogens is 3. The van der Waals surface area contributed by atoms with Crippen LogP contribution in [0.4, 0.5) is 18.9 Å². The number of hydrogen-bond acceptors (Lipinski definition) is 8. The van der Waals surface area contributed by atoms with E-state index in [4.69, 9.17) is 0 Å². The van der Waals surface area contributed by atoms with E-state index in [9.17, 15) is 46.2 Å². The third kappa shape index (κ3) is 7.17. The smallest absolute Gasteiger partial charge is 0.396 e. The highest BCUT2D eigenvalue weighted by molar-refractivity contribution is 7.92. The molecule has 2 amide bonds. The first-order chi connectivity index (χ1) is 16.6. The van der Waals surface area contributed by atoms with Crippen LogP contribution in [0, 0.1) is 5.41 Å². The molecule has 1 aliphatic rings. The molecule has 2 rings (SSSR count). The number of anilines is 1. The van der Waals surface area contributed by atoms with Gasteiger partial charge in [0.2, 0.25) is 11.7 Å². The van der Waals surface area contributed by atoms with Crippen molar-refractivity contribution in [1.82, 2.24) is 10.2 Å². The van der Waals surface area contributed by atoms with Crippen LogP contribution in [0.5, 0.6) is 0 Å². The number of nitrogens with one attached hydrogen (secondary N) is 2. The zero-order chi connectivity index (χ0) is 27.3. The van der Waals surface area contributed by atoms with Gasteiger partial charge in [-0.25, -0.2) is 8.42 Å². The minimum Gasteiger partial charge on any atom is -0.396 e. The second kappa shape index (κ2) is 11.6. The summed E-state index contributed by atoms with van der Waals surface area (Å²) in [4.78, 5) is 37.0. The van der Waals surface area contributed by atoms with Crippen LogP contribution in [0.15, 0.2) is 29.2 Å². The average Bonchev–Trinajstić information content (AvgIpc) is 2.82. The summed E-state index contributed by atoms with van der Waals surface area (Å²) in [5, 5.41) is 24.5. The van der Waals surface area contributed by atoms with Crippen LogP contribution in [-0.2, 0) is 24.2 Å². The normalized spacial score (nSPS) is 16.4. The van der Waals surface area contributed by atoms with Crippen molar-refractivity contribution in [2.24, 2.45) is 5.41 Å². The molecule has 1 aliphatic heterocycles. The van der Waals surface area contributed by atoms with Crippen molar-refractivity contribution in [2.75, 3.05) is 31.6 Å². The van der Waals surface area contributed by atoms with Crippen molar-refractivity contribution in [3.05, 3.63) is 24.3 Å². The number of Topliss-reactive ketones (excluding diaryl/α,β-unsaturated/α-hetero) is 1. The molecule has 0 spiro atoms. The molecule has 14 heteroatoms. The number of rotatable bonds is 10. The molecule has 1 fully saturated rings. The maximum atomic E-state index is 12.8. The molecule has 36 heavy (non-hydrogen) atoms. The minimum atomic E-state index is -5.48. The Kier molecular flexibility index (Phi) is 9.48. The number of carbonyl (C=O) groups excluding carboxylic acids is 3. The fraction of sp³-hybridized carbons (Fsp3) is 0.591. The molecule has 0 radical (unpaired) electrons. The standard InChI is InChI=1S/C22H30F3N3O7S/c1-21(2,13-29)18(31)19(32)26-9-6-17(30)20(33)28-10-7-14(8-11-28)27-15-4-3-5-16(12-15)36(34,35)22(23,24)25/h3-5,12,14,18,27,29,31H,6-11,13H2,1-2H3,(H,26,32). The first-order valence-electron chi connectivity index (χ1n) is 11.2. The second-order valence-corrected chi connectivity index (χ2v) is 11.1. The number of carbonyl (C=O) groups is 3. The zero-order valence-electron chi connectivity index (χ0n) is 19.8. The Hall–Kier alpha value is -2.71. The Morgan fingerprint density at radius 2 is 1.78 bits per heavy atom. The summed E-state index contributed by atoms with van der Waals surface area (Å²) < 4.78 is 61.6. The molecule has 1 heterocycles. The molecule has 10 nitrogen and oxygen atoms in total. The van der Waals surface area contributed by atoms with Crippen LogP contribution in [-0.4, -0.2) is 85.0 Å². The van der Waals surface area contributed by atoms with Gasteiger partial charge in [-0.05, 0) is 31.0 Å². The number of ketones is 1. The van der Waals surface area contributed by atoms with E-state index in [2.05, 4.69) is 10.6 Å². The average molecular weight is 538 g/mol. The number of likely N-dealkylation sites (tertiary alicyclic amines) is 1. The van der Waals surface area contributed by atoms with Gasteiger partial charge in [-0.2, -0.15) is 13.2 Å². The van der Waals surface area contributed by atoms with Crippen LogP contribution >= 0.6 is 0 Å². The molecule has 4 N–H and O–H groups in total. The monoisotopic (exact) mass is 537 g/mol. The van der Waals surface area contributed by atoms with Gasteiger partial charge in [0.1, 0.15) is 6.10 Å². The second-order valence-electron chi connectivity index (χ2n) is 9.20. The molecule has 0 aromatic heterocycles. The number of benzene rings is 1. The number of amides is 2. The lowest BCUT2D eigenvalue weighted by Gasteiger charge is -2.32. The Balaban J connectivity index is 1.84. The summed E-state index contributed by atoms with van der Waals surface area (Å²) in [5.41, 5.74) is -6.30. The van der Waals surface area contributed by atoms with Gasteiger partial charge in [0, 0.05) is 43.2 Å². The minimum absolute atomic E-state index is 0.169. The van der Waals surface area contributed by atoms with Gasteiger partial charge in [0.15, 0.2) is 0 Å². The molecule has 0 bridgehead atoms. The predicted molar refractivity (Wildman–Crippen MR) is 122 cm³/mol. The molecule has 1 aromatic carbocycles. The van der Waals surface area contributed by atoms with Gasteiger partial charge >= 0.3 is 5.51 Å². The van der Waals surface area contributed by atoms with E-state index in [1.807, 2.05) is 0 Å². The van der Waals surface area contributed by atoms with E-state index in [1.54, 1.807) is 0 Å². The van der Waals surface area contributed by atoms with Gasteiger partial charge < -0.3 is 25.7 Å². The van der Waals surface area contributed by atoms with Crippen molar-refractivity contribution in [3.8, 4) is 0 Å². The molecule has 1 atom stereocenters. The Labute approximate surface area is 206 Å². The van der Waals surface area contributed by atoms with Crippen molar-refractivity contribution < 1.29 is 46.2 Å². The van der Waals surface area contributed by atoms with E-state index in [0.29, 0.717) is 12.8 Å². The Bertz CT molecular complexity index is 1070. The summed E-state index contributed by atoms with van der Waals surface area (Å²) in [5.74, 6) is -2.24. The molecule has 1 saturated heterocycles. The highest BCUT2D eigenvalue weighted by atomic mass is 32.2. The third-order valence-corrected chi connectivity index (χ3v) is 7.37. The number of piperidine rings is 1. The van der Waals surface area contributed by atoms with Crippen molar-refractivity contribution in [3.63, 3.8) is 0 Å². The summed E-state index contributed by atoms with van der Waals surface area (Å²) in [7, 11) is -5.48. The van der Waals surface area contributed by atoms with Crippen molar-refractivity contribution in [1.29, 1.82) is 0 Å². The highest BCUT2D eigenvalue weighted by Gasteiger charge is 2.47. The maximum absolute atomic E-state index is 12.8. The Morgan fingerprint density at radius 1 is 1.17 bits per heavy atom. The fourth-order valence-electron chi connectivity index (χ4n) is 3.47. The van der Waals surface area contributed by atoms with Gasteiger partial charge in [-0.3, -0.25) is 14.4 Å². The summed E-state index contributed by atoms with van der Waals surface area (Å²) in [6.45, 7) is 2.77. The van der Waals surface area contributed by atoms with Crippen LogP contribution in [0.25, 0.3) is 0 Å². The third-order valence-electron chi connectivity index (χ3n) is 5.89. The lowest BCUT2D eigenvalue weighted by molar-refractivity contribution is -0.145.